The average molecular weight is 846 g/mol. The van der Waals surface area contributed by atoms with Crippen LogP contribution in [0, 0.1) is 0 Å². The topological polar surface area (TPSA) is 59.8 Å². The van der Waals surface area contributed by atoms with Gasteiger partial charge in [0.2, 0.25) is 0 Å². The van der Waals surface area contributed by atoms with Gasteiger partial charge in [-0.3, -0.25) is 0 Å². The Hall–Kier alpha value is -8.74. The minimum absolute atomic E-state index is 0.675. The van der Waals surface area contributed by atoms with Gasteiger partial charge < -0.3 is 18.9 Å². The zero-order valence-corrected chi connectivity index (χ0v) is 35.9. The monoisotopic (exact) mass is 845 g/mol. The summed E-state index contributed by atoms with van der Waals surface area (Å²) in [6.45, 7) is 2.14. The van der Waals surface area contributed by atoms with Crippen LogP contribution in [-0.4, -0.2) is 20.8 Å². The van der Waals surface area contributed by atoms with Crippen LogP contribution in [0.2, 0.25) is 0 Å². The summed E-state index contributed by atoms with van der Waals surface area (Å²) in [6.07, 6.45) is 0. The van der Waals surface area contributed by atoms with E-state index in [1.807, 2.05) is 36.4 Å². The van der Waals surface area contributed by atoms with Gasteiger partial charge in [-0.1, -0.05) is 164 Å². The maximum Gasteiger partial charge on any atom is 0.159 e. The van der Waals surface area contributed by atoms with Gasteiger partial charge in [-0.05, 0) is 70.9 Å². The second-order valence-corrected chi connectivity index (χ2v) is 17.5. The summed E-state index contributed by atoms with van der Waals surface area (Å²) in [5, 5.41) is 15.7. The molecule has 66 heavy (non-hydrogen) atoms. The summed E-state index contributed by atoms with van der Waals surface area (Å²) < 4.78 is 11.9. The van der Waals surface area contributed by atoms with Crippen LogP contribution in [0.5, 0.6) is 0 Å². The molecule has 1 aliphatic rings. The Labute approximate surface area is 379 Å². The number of nitrogens with one attached hydrogen (secondary N) is 1. The van der Waals surface area contributed by atoms with Crippen molar-refractivity contribution in [1.29, 1.82) is 0 Å². The first-order valence-corrected chi connectivity index (χ1v) is 22.5. The summed E-state index contributed by atoms with van der Waals surface area (Å²) in [5.41, 5.74) is 10.4. The molecule has 1 N–H and O–H groups in total. The second kappa shape index (κ2) is 13.9. The van der Waals surface area contributed by atoms with E-state index in [1.165, 1.54) is 54.1 Å². The van der Waals surface area contributed by atoms with Crippen molar-refractivity contribution in [2.75, 3.05) is 0 Å². The van der Waals surface area contributed by atoms with Crippen LogP contribution >= 0.6 is 0 Å². The number of nitrogens with zero attached hydrogens (tertiary/aromatic N) is 4. The number of furan rings is 1. The lowest BCUT2D eigenvalue weighted by Gasteiger charge is -2.33. The molecule has 4 heterocycles. The molecule has 0 bridgehead atoms. The van der Waals surface area contributed by atoms with Crippen LogP contribution in [0.3, 0.4) is 0 Å². The van der Waals surface area contributed by atoms with Crippen LogP contribution in [0.1, 0.15) is 23.6 Å². The van der Waals surface area contributed by atoms with Crippen molar-refractivity contribution in [3.63, 3.8) is 0 Å². The number of hydrogen-bond donors (Lipinski definition) is 1. The number of para-hydroxylation sites is 2. The van der Waals surface area contributed by atoms with E-state index in [-0.39, 0.29) is 0 Å². The Kier molecular flexibility index (Phi) is 7.72. The van der Waals surface area contributed by atoms with Gasteiger partial charge in [-0.15, -0.1) is 0 Å². The van der Waals surface area contributed by atoms with Crippen molar-refractivity contribution in [2.24, 2.45) is 9.98 Å². The van der Waals surface area contributed by atoms with E-state index in [4.69, 9.17) is 14.4 Å². The molecular formula is C60H39N5O. The first-order chi connectivity index (χ1) is 32.6. The van der Waals surface area contributed by atoms with Crippen LogP contribution < -0.4 is 5.32 Å². The molecule has 13 aromatic rings. The van der Waals surface area contributed by atoms with Crippen LogP contribution in [-0.2, 0) is 5.66 Å². The fraction of sp³-hybridized carbons (Fsp3) is 0.0333. The molecule has 0 fully saturated rings. The van der Waals surface area contributed by atoms with Gasteiger partial charge >= 0.3 is 0 Å². The van der Waals surface area contributed by atoms with Crippen LogP contribution in [0.15, 0.2) is 227 Å². The highest BCUT2D eigenvalue weighted by molar-refractivity contribution is 6.39. The van der Waals surface area contributed by atoms with E-state index >= 15 is 0 Å². The molecule has 0 radical (unpaired) electrons. The Balaban J connectivity index is 1.06. The molecule has 1 atom stereocenters. The number of fused-ring (bicyclic) bond motifs is 15. The average Bonchev–Trinajstić information content (AvgIpc) is 4.05. The lowest BCUT2D eigenvalue weighted by molar-refractivity contribution is 0.459. The number of aliphatic imine (C=N–C) groups is 2. The molecule has 0 saturated heterocycles. The predicted molar refractivity (Wildman–Crippen MR) is 274 cm³/mol. The number of rotatable bonds is 5. The molecule has 310 valence electrons. The number of aromatic nitrogens is 2. The maximum atomic E-state index is 6.94. The maximum absolute atomic E-state index is 6.94. The van der Waals surface area contributed by atoms with E-state index in [2.05, 4.69) is 197 Å². The first-order valence-electron chi connectivity index (χ1n) is 22.5. The van der Waals surface area contributed by atoms with Gasteiger partial charge in [0.25, 0.3) is 0 Å². The Morgan fingerprint density at radius 2 is 1.08 bits per heavy atom. The number of benzene rings is 10. The summed E-state index contributed by atoms with van der Waals surface area (Å²) in [5.74, 6) is 1.44. The molecular weight excluding hydrogens is 807 g/mol. The van der Waals surface area contributed by atoms with Crippen molar-refractivity contribution in [2.45, 2.75) is 12.6 Å². The zero-order valence-electron chi connectivity index (χ0n) is 35.9. The molecule has 14 rings (SSSR count). The summed E-state index contributed by atoms with van der Waals surface area (Å²) >= 11 is 0. The van der Waals surface area contributed by atoms with Crippen molar-refractivity contribution in [3.05, 3.63) is 229 Å². The van der Waals surface area contributed by atoms with Gasteiger partial charge in [0, 0.05) is 60.8 Å². The minimum atomic E-state index is -0.873. The fourth-order valence-electron chi connectivity index (χ4n) is 10.9. The van der Waals surface area contributed by atoms with E-state index in [0.29, 0.717) is 5.84 Å². The lowest BCUT2D eigenvalue weighted by Crippen LogP contribution is -2.46. The Bertz CT molecular complexity index is 4200. The number of amidine groups is 2. The molecule has 6 heteroatoms. The normalized spacial score (nSPS) is 15.4. The molecule has 3 aromatic heterocycles. The fourth-order valence-corrected chi connectivity index (χ4v) is 10.9. The quantitative estimate of drug-likeness (QED) is 0.188. The third-order valence-corrected chi connectivity index (χ3v) is 13.7. The van der Waals surface area contributed by atoms with Crippen molar-refractivity contribution < 1.29 is 4.42 Å². The third-order valence-electron chi connectivity index (χ3n) is 13.7. The highest BCUT2D eigenvalue weighted by Crippen LogP contribution is 2.49. The Morgan fingerprint density at radius 1 is 0.439 bits per heavy atom. The zero-order chi connectivity index (χ0) is 43.5. The molecule has 0 aliphatic carbocycles. The highest BCUT2D eigenvalue weighted by Gasteiger charge is 2.35. The molecule has 0 amide bonds. The molecule has 10 aromatic carbocycles. The first kappa shape index (κ1) is 36.7. The van der Waals surface area contributed by atoms with Gasteiger partial charge in [0.1, 0.15) is 17.0 Å². The van der Waals surface area contributed by atoms with E-state index < -0.39 is 5.66 Å². The Morgan fingerprint density at radius 3 is 1.86 bits per heavy atom. The molecule has 0 saturated carbocycles. The smallest absolute Gasteiger partial charge is 0.159 e. The highest BCUT2D eigenvalue weighted by atomic mass is 16.3. The van der Waals surface area contributed by atoms with Crippen molar-refractivity contribution in [3.8, 4) is 11.4 Å². The van der Waals surface area contributed by atoms with Gasteiger partial charge in [-0.25, -0.2) is 9.98 Å². The predicted octanol–water partition coefficient (Wildman–Crippen LogP) is 14.8. The van der Waals surface area contributed by atoms with Crippen LogP contribution in [0.25, 0.3) is 98.5 Å². The third kappa shape index (κ3) is 5.24. The van der Waals surface area contributed by atoms with E-state index in [0.717, 1.165) is 66.9 Å². The molecule has 1 unspecified atom stereocenters. The SMILES string of the molecule is CC1(c2cccc3oc4cc(-n5c6ccccc6c6c7ccccc7c7c8c9ccccc9ccc8n(-c8ccccc8)c7c65)ccc4c23)N=C(c2ccccc2)N=C(c2ccccc2)N1. The summed E-state index contributed by atoms with van der Waals surface area (Å²) in [6, 6.07) is 75.5. The van der Waals surface area contributed by atoms with Gasteiger partial charge in [0.05, 0.1) is 27.8 Å². The van der Waals surface area contributed by atoms with E-state index in [9.17, 15) is 0 Å². The summed E-state index contributed by atoms with van der Waals surface area (Å²) in [4.78, 5) is 10.5. The second-order valence-electron chi connectivity index (χ2n) is 17.5. The summed E-state index contributed by atoms with van der Waals surface area (Å²) in [7, 11) is 0. The van der Waals surface area contributed by atoms with Gasteiger partial charge in [0.15, 0.2) is 11.5 Å². The van der Waals surface area contributed by atoms with Crippen LogP contribution in [0.4, 0.5) is 0 Å². The largest absolute Gasteiger partial charge is 0.456 e. The molecule has 1 aliphatic heterocycles. The van der Waals surface area contributed by atoms with Crippen molar-refractivity contribution >= 4 is 98.8 Å². The van der Waals surface area contributed by atoms with E-state index in [1.54, 1.807) is 0 Å². The standard InChI is InChI=1S/C60H39N5O/c1-60(62-58(38-19-5-2-6-20-38)61-59(63-60)39-21-7-3-8-22-39)47-29-17-31-50-53(47)46-34-33-41(36-51(46)66-50)65-48-30-16-15-28-45(48)52-43-26-13-14-27-44(43)55-54-42-25-12-11-18-37(42)32-35-49(54)64(57(55)56(52)65)40-23-9-4-10-24-40/h2-36H,1H3,(H,61,62,63). The lowest BCUT2D eigenvalue weighted by atomic mass is 9.94. The van der Waals surface area contributed by atoms with Gasteiger partial charge in [-0.2, -0.15) is 0 Å². The minimum Gasteiger partial charge on any atom is -0.456 e. The van der Waals surface area contributed by atoms with Crippen molar-refractivity contribution in [1.82, 2.24) is 14.5 Å². The molecule has 0 spiro atoms. The number of hydrogen-bond acceptors (Lipinski definition) is 4. The molecule has 6 nitrogen and oxygen atoms in total.